The van der Waals surface area contributed by atoms with E-state index in [9.17, 15) is 14.4 Å². The summed E-state index contributed by atoms with van der Waals surface area (Å²) in [5.41, 5.74) is 0. The summed E-state index contributed by atoms with van der Waals surface area (Å²) < 4.78 is 16.7. The van der Waals surface area contributed by atoms with Crippen LogP contribution in [0.5, 0.6) is 0 Å². The number of allylic oxidation sites excluding steroid dienone is 22. The average molecular weight is 883 g/mol. The lowest BCUT2D eigenvalue weighted by atomic mass is 10.1. The van der Waals surface area contributed by atoms with E-state index in [1.165, 1.54) is 44.9 Å². The van der Waals surface area contributed by atoms with E-state index in [1.807, 2.05) is 72.9 Å². The zero-order valence-electron chi connectivity index (χ0n) is 40.7. The molecule has 0 spiro atoms. The molecular weight excluding hydrogens is 793 g/mol. The summed E-state index contributed by atoms with van der Waals surface area (Å²) in [7, 11) is 0. The zero-order chi connectivity index (χ0) is 46.5. The highest BCUT2D eigenvalue weighted by atomic mass is 16.6. The van der Waals surface area contributed by atoms with E-state index in [0.29, 0.717) is 19.3 Å². The lowest BCUT2D eigenvalue weighted by Crippen LogP contribution is -2.30. The Morgan fingerprint density at radius 1 is 0.328 bits per heavy atom. The van der Waals surface area contributed by atoms with Crippen LogP contribution < -0.4 is 0 Å². The fourth-order valence-corrected chi connectivity index (χ4v) is 6.34. The van der Waals surface area contributed by atoms with Gasteiger partial charge in [-0.1, -0.05) is 225 Å². The molecule has 0 aliphatic heterocycles. The number of unbranched alkanes of at least 4 members (excludes halogenated alkanes) is 18. The second-order valence-corrected chi connectivity index (χ2v) is 16.2. The molecule has 0 aliphatic rings. The fourth-order valence-electron chi connectivity index (χ4n) is 6.34. The summed E-state index contributed by atoms with van der Waals surface area (Å²) in [6.45, 7) is 6.25. The molecule has 6 heteroatoms. The lowest BCUT2D eigenvalue weighted by molar-refractivity contribution is -0.167. The summed E-state index contributed by atoms with van der Waals surface area (Å²) in [5.74, 6) is -1.02. The highest BCUT2D eigenvalue weighted by Crippen LogP contribution is 2.12. The van der Waals surface area contributed by atoms with Gasteiger partial charge in [0.1, 0.15) is 13.2 Å². The molecule has 0 saturated heterocycles. The van der Waals surface area contributed by atoms with Crippen LogP contribution in [-0.4, -0.2) is 37.2 Å². The maximum Gasteiger partial charge on any atom is 0.306 e. The smallest absolute Gasteiger partial charge is 0.306 e. The molecule has 0 aromatic heterocycles. The molecule has 1 unspecified atom stereocenters. The van der Waals surface area contributed by atoms with Gasteiger partial charge in [0, 0.05) is 19.3 Å². The molecule has 6 nitrogen and oxygen atoms in total. The Morgan fingerprint density at radius 2 is 0.609 bits per heavy atom. The number of carbonyl (C=O) groups excluding carboxylic acids is 3. The van der Waals surface area contributed by atoms with E-state index in [1.54, 1.807) is 0 Å². The minimum Gasteiger partial charge on any atom is -0.462 e. The predicted octanol–water partition coefficient (Wildman–Crippen LogP) is 16.7. The van der Waals surface area contributed by atoms with Crippen molar-refractivity contribution in [2.45, 2.75) is 200 Å². The molecule has 0 aromatic rings. The van der Waals surface area contributed by atoms with Gasteiger partial charge in [-0.2, -0.15) is 0 Å². The van der Waals surface area contributed by atoms with E-state index in [0.717, 1.165) is 103 Å². The highest BCUT2D eigenvalue weighted by molar-refractivity contribution is 5.71. The van der Waals surface area contributed by atoms with Crippen molar-refractivity contribution in [2.75, 3.05) is 13.2 Å². The number of ether oxygens (including phenoxy) is 3. The van der Waals surface area contributed by atoms with Crippen LogP contribution in [0.2, 0.25) is 0 Å². The van der Waals surface area contributed by atoms with Crippen molar-refractivity contribution in [1.29, 1.82) is 0 Å². The third-order valence-corrected chi connectivity index (χ3v) is 10.1. The zero-order valence-corrected chi connectivity index (χ0v) is 40.7. The monoisotopic (exact) mass is 883 g/mol. The Balaban J connectivity index is 4.58. The number of rotatable bonds is 43. The highest BCUT2D eigenvalue weighted by Gasteiger charge is 2.19. The predicted molar refractivity (Wildman–Crippen MR) is 274 cm³/mol. The third kappa shape index (κ3) is 48.6. The van der Waals surface area contributed by atoms with Crippen molar-refractivity contribution < 1.29 is 28.6 Å². The van der Waals surface area contributed by atoms with Crippen molar-refractivity contribution in [3.8, 4) is 0 Å². The Labute approximate surface area is 392 Å². The van der Waals surface area contributed by atoms with Crippen molar-refractivity contribution in [2.24, 2.45) is 0 Å². The van der Waals surface area contributed by atoms with Gasteiger partial charge in [-0.05, 0) is 83.5 Å². The minimum atomic E-state index is -0.826. The van der Waals surface area contributed by atoms with Gasteiger partial charge in [-0.25, -0.2) is 0 Å². The SMILES string of the molecule is CC\C=C/C=C\C=C/C=C\C=C/CCCCCC(=O)OC(COC(=O)CCCCC/C=C\C=C/CCCCCCCCC)COC(=O)CCCCCCC\C=C/C=C\C=C/C=C\CC. The quantitative estimate of drug-likeness (QED) is 0.0263. The van der Waals surface area contributed by atoms with Crippen LogP contribution in [0, 0.1) is 0 Å². The van der Waals surface area contributed by atoms with Crippen molar-refractivity contribution >= 4 is 17.9 Å². The van der Waals surface area contributed by atoms with Gasteiger partial charge < -0.3 is 14.2 Å². The summed E-state index contributed by atoms with van der Waals surface area (Å²) in [5, 5.41) is 0. The first-order valence-electron chi connectivity index (χ1n) is 25.3. The van der Waals surface area contributed by atoms with Gasteiger partial charge in [0.2, 0.25) is 0 Å². The van der Waals surface area contributed by atoms with Crippen molar-refractivity contribution in [3.63, 3.8) is 0 Å². The first-order valence-corrected chi connectivity index (χ1v) is 25.3. The molecule has 0 rings (SSSR count). The van der Waals surface area contributed by atoms with E-state index < -0.39 is 6.10 Å². The van der Waals surface area contributed by atoms with Crippen molar-refractivity contribution in [3.05, 3.63) is 134 Å². The van der Waals surface area contributed by atoms with Gasteiger partial charge in [0.15, 0.2) is 6.10 Å². The van der Waals surface area contributed by atoms with Crippen LogP contribution in [0.25, 0.3) is 0 Å². The molecule has 0 N–H and O–H groups in total. The summed E-state index contributed by atoms with van der Waals surface area (Å²) >= 11 is 0. The topological polar surface area (TPSA) is 78.9 Å². The summed E-state index contributed by atoms with van der Waals surface area (Å²) in [4.78, 5) is 38.0. The number of hydrogen-bond acceptors (Lipinski definition) is 6. The number of hydrogen-bond donors (Lipinski definition) is 0. The fraction of sp³-hybridized carbons (Fsp3) is 0.569. The molecule has 0 heterocycles. The maximum absolute atomic E-state index is 12.8. The first-order chi connectivity index (χ1) is 31.5. The Hall–Kier alpha value is -4.45. The van der Waals surface area contributed by atoms with Crippen LogP contribution in [0.15, 0.2) is 134 Å². The van der Waals surface area contributed by atoms with Gasteiger partial charge in [0.05, 0.1) is 0 Å². The molecule has 0 aliphatic carbocycles. The standard InChI is InChI=1S/C58H90O6/c1-4-7-10-13-16-19-22-25-28-31-33-36-39-42-45-48-51-57(60)63-54-55(64-58(61)52-49-46-43-40-37-34-30-27-24-21-18-15-12-9-6-3)53-62-56(59)50-47-44-41-38-35-32-29-26-23-20-17-14-11-8-5-2/h8-9,11-12,14-15,17-18,20-21,23-24,26-31,33-34,36-37,55H,4-7,10,13,16,19,22,25,32,35,38-54H2,1-3H3/b11-8-,12-9-,17-14-,18-15-,23-20-,24-21-,29-26-,30-27-,31-28-,36-33-,37-34-. The molecule has 0 aromatic carbocycles. The normalized spacial score (nSPS) is 13.2. The largest absolute Gasteiger partial charge is 0.462 e. The van der Waals surface area contributed by atoms with Crippen LogP contribution in [0.1, 0.15) is 194 Å². The van der Waals surface area contributed by atoms with E-state index in [4.69, 9.17) is 14.2 Å². The molecule has 64 heavy (non-hydrogen) atoms. The summed E-state index contributed by atoms with van der Waals surface area (Å²) in [6, 6.07) is 0. The van der Waals surface area contributed by atoms with E-state index in [-0.39, 0.29) is 37.5 Å². The molecule has 0 radical (unpaired) electrons. The Morgan fingerprint density at radius 3 is 0.984 bits per heavy atom. The molecule has 1 atom stereocenters. The van der Waals surface area contributed by atoms with Crippen LogP contribution in [0.3, 0.4) is 0 Å². The number of carbonyl (C=O) groups is 3. The van der Waals surface area contributed by atoms with Gasteiger partial charge in [-0.3, -0.25) is 14.4 Å². The van der Waals surface area contributed by atoms with Crippen molar-refractivity contribution in [1.82, 2.24) is 0 Å². The Bertz CT molecular complexity index is 1430. The minimum absolute atomic E-state index is 0.122. The van der Waals surface area contributed by atoms with E-state index in [2.05, 4.69) is 81.5 Å². The summed E-state index contributed by atoms with van der Waals surface area (Å²) in [6.07, 6.45) is 71.4. The average Bonchev–Trinajstić information content (AvgIpc) is 3.29. The molecular formula is C58H90O6. The second-order valence-electron chi connectivity index (χ2n) is 16.2. The van der Waals surface area contributed by atoms with Gasteiger partial charge >= 0.3 is 17.9 Å². The molecule has 0 fully saturated rings. The van der Waals surface area contributed by atoms with Gasteiger partial charge in [0.25, 0.3) is 0 Å². The van der Waals surface area contributed by atoms with Crippen LogP contribution >= 0.6 is 0 Å². The molecule has 0 bridgehead atoms. The molecule has 358 valence electrons. The number of esters is 3. The van der Waals surface area contributed by atoms with E-state index >= 15 is 0 Å². The maximum atomic E-state index is 12.8. The molecule has 0 amide bonds. The van der Waals surface area contributed by atoms with Crippen LogP contribution in [-0.2, 0) is 28.6 Å². The first kappa shape index (κ1) is 59.5. The second kappa shape index (κ2) is 51.2. The lowest BCUT2D eigenvalue weighted by Gasteiger charge is -2.18. The third-order valence-electron chi connectivity index (χ3n) is 10.1. The molecule has 0 saturated carbocycles. The Kier molecular flexibility index (Phi) is 47.6. The van der Waals surface area contributed by atoms with Gasteiger partial charge in [-0.15, -0.1) is 0 Å². The van der Waals surface area contributed by atoms with Crippen LogP contribution in [0.4, 0.5) is 0 Å².